The molecule has 0 unspecified atom stereocenters. The molecule has 0 amide bonds. The van der Waals surface area contributed by atoms with E-state index in [0.29, 0.717) is 11.3 Å². The molecule has 0 aliphatic heterocycles. The van der Waals surface area contributed by atoms with Crippen LogP contribution in [0.4, 0.5) is 17.6 Å². The van der Waals surface area contributed by atoms with E-state index < -0.39 is 42.3 Å². The third-order valence-corrected chi connectivity index (χ3v) is 7.36. The van der Waals surface area contributed by atoms with Crippen molar-refractivity contribution in [2.24, 2.45) is 0 Å². The Balaban J connectivity index is 2.07. The third kappa shape index (κ3) is 4.07. The van der Waals surface area contributed by atoms with Crippen LogP contribution in [0.3, 0.4) is 0 Å². The van der Waals surface area contributed by atoms with Gasteiger partial charge in [-0.2, -0.15) is 0 Å². The molecule has 4 aromatic rings. The lowest BCUT2D eigenvalue weighted by Gasteiger charge is -2.20. The number of halogens is 4. The number of rotatable bonds is 4. The van der Waals surface area contributed by atoms with Crippen LogP contribution in [-0.4, -0.2) is 9.55 Å². The molecule has 0 atom stereocenters. The Hall–Kier alpha value is -2.98. The van der Waals surface area contributed by atoms with Crippen molar-refractivity contribution in [1.82, 2.24) is 9.55 Å². The first-order valence-corrected chi connectivity index (χ1v) is 11.4. The molecule has 0 spiro atoms. The quantitative estimate of drug-likeness (QED) is 0.226. The average molecular weight is 456 g/mol. The van der Waals surface area contributed by atoms with Gasteiger partial charge in [0.05, 0.1) is 5.69 Å². The first-order valence-electron chi connectivity index (χ1n) is 10.0. The number of aromatic nitrogens is 2. The van der Waals surface area contributed by atoms with Gasteiger partial charge in [-0.1, -0.05) is 81.4 Å². The number of nitrogens with zero attached hydrogens (tertiary/aromatic N) is 2. The molecule has 2 nitrogen and oxygen atoms in total. The fourth-order valence-electron chi connectivity index (χ4n) is 3.36. The molecule has 3 aromatic carbocycles. The van der Waals surface area contributed by atoms with Crippen LogP contribution in [0, 0.1) is 23.3 Å². The second-order valence-corrected chi connectivity index (χ2v) is 10.5. The Bertz CT molecular complexity index is 1180. The van der Waals surface area contributed by atoms with Crippen molar-refractivity contribution in [2.45, 2.75) is 26.2 Å². The summed E-state index contributed by atoms with van der Waals surface area (Å²) in [6, 6.07) is 19.1. The van der Waals surface area contributed by atoms with Crippen LogP contribution in [0.1, 0.15) is 26.5 Å². The Morgan fingerprint density at radius 3 is 1.66 bits per heavy atom. The number of hydrogen-bond acceptors (Lipinski definition) is 1. The summed E-state index contributed by atoms with van der Waals surface area (Å²) in [5.74, 6) is -5.84. The van der Waals surface area contributed by atoms with Gasteiger partial charge in [-0.3, -0.25) is 4.57 Å². The van der Waals surface area contributed by atoms with Gasteiger partial charge < -0.3 is 0 Å². The van der Waals surface area contributed by atoms with Crippen LogP contribution in [0.15, 0.2) is 72.9 Å². The number of hydrogen-bond donors (Lipinski definition) is 0. The van der Waals surface area contributed by atoms with E-state index in [4.69, 9.17) is 4.98 Å². The van der Waals surface area contributed by atoms with E-state index in [0.717, 1.165) is 10.6 Å². The zero-order valence-corrected chi connectivity index (χ0v) is 18.7. The Labute approximate surface area is 185 Å². The lowest BCUT2D eigenvalue weighted by atomic mass is 9.93. The molecule has 0 saturated carbocycles. The highest BCUT2D eigenvalue weighted by Gasteiger charge is 2.30. The highest BCUT2D eigenvalue weighted by molar-refractivity contribution is 7.79. The van der Waals surface area contributed by atoms with Gasteiger partial charge in [0.2, 0.25) is 0 Å². The monoisotopic (exact) mass is 456 g/mol. The van der Waals surface area contributed by atoms with Crippen LogP contribution in [0.25, 0.3) is 5.69 Å². The van der Waals surface area contributed by atoms with E-state index in [1.807, 2.05) is 81.4 Å². The van der Waals surface area contributed by atoms with E-state index in [-0.39, 0.29) is 6.07 Å². The molecule has 32 heavy (non-hydrogen) atoms. The number of imidazole rings is 1. The highest BCUT2D eigenvalue weighted by atomic mass is 31.1. The Morgan fingerprint density at radius 1 is 0.750 bits per heavy atom. The van der Waals surface area contributed by atoms with Crippen LogP contribution in [0.5, 0.6) is 0 Å². The fraction of sp³-hybridized carbons (Fsp3) is 0.160. The minimum absolute atomic E-state index is 0.215. The smallest absolute Gasteiger partial charge is 0.186 e. The van der Waals surface area contributed by atoms with Gasteiger partial charge in [-0.15, -0.1) is 0 Å². The lowest BCUT2D eigenvalue weighted by Crippen LogP contribution is -2.28. The summed E-state index contributed by atoms with van der Waals surface area (Å²) in [5.41, 5.74) is -0.395. The standard InChI is InChI=1S/C25H21F4N2P/c1-25(2,3)20-15-31(23-21(28)18(26)14-19(27)22(23)29)24(30-20)32(16-10-6-4-7-11-16)17-12-8-5-9-13-17/h4-15H,1-3H3. The van der Waals surface area contributed by atoms with Crippen molar-refractivity contribution >= 4 is 24.1 Å². The molecular formula is C25H21F4N2P. The van der Waals surface area contributed by atoms with E-state index in [2.05, 4.69) is 0 Å². The first-order chi connectivity index (χ1) is 15.2. The van der Waals surface area contributed by atoms with Crippen LogP contribution in [-0.2, 0) is 5.41 Å². The average Bonchev–Trinajstić information content (AvgIpc) is 3.19. The molecule has 1 aromatic heterocycles. The maximum atomic E-state index is 14.9. The van der Waals surface area contributed by atoms with Gasteiger partial charge in [0.15, 0.2) is 23.3 Å². The van der Waals surface area contributed by atoms with Crippen LogP contribution < -0.4 is 16.2 Å². The second-order valence-electron chi connectivity index (χ2n) is 8.37. The number of benzene rings is 3. The van der Waals surface area contributed by atoms with Crippen molar-refractivity contribution < 1.29 is 17.6 Å². The minimum Gasteiger partial charge on any atom is -0.294 e. The molecule has 0 N–H and O–H groups in total. The molecule has 0 radical (unpaired) electrons. The van der Waals surface area contributed by atoms with E-state index in [1.165, 1.54) is 10.8 Å². The fourth-order valence-corrected chi connectivity index (χ4v) is 5.64. The molecule has 4 rings (SSSR count). The van der Waals surface area contributed by atoms with Crippen molar-refractivity contribution in [2.75, 3.05) is 0 Å². The summed E-state index contributed by atoms with van der Waals surface area (Å²) < 4.78 is 59.1. The normalized spacial score (nSPS) is 11.9. The van der Waals surface area contributed by atoms with Gasteiger partial charge in [-0.05, 0) is 10.6 Å². The largest absolute Gasteiger partial charge is 0.294 e. The van der Waals surface area contributed by atoms with Gasteiger partial charge in [0, 0.05) is 25.6 Å². The predicted octanol–water partition coefficient (Wildman–Crippen LogP) is 5.48. The molecule has 164 valence electrons. The molecule has 7 heteroatoms. The van der Waals surface area contributed by atoms with E-state index in [1.54, 1.807) is 0 Å². The molecule has 0 fully saturated rings. The molecule has 0 saturated heterocycles. The summed E-state index contributed by atoms with van der Waals surface area (Å²) in [6.45, 7) is 5.74. The Kier molecular flexibility index (Phi) is 5.91. The third-order valence-electron chi connectivity index (χ3n) is 5.01. The summed E-state index contributed by atoms with van der Waals surface area (Å²) in [4.78, 5) is 4.77. The predicted molar refractivity (Wildman–Crippen MR) is 121 cm³/mol. The summed E-state index contributed by atoms with van der Waals surface area (Å²) in [5, 5.41) is 1.78. The van der Waals surface area contributed by atoms with Crippen LogP contribution in [0.2, 0.25) is 0 Å². The van der Waals surface area contributed by atoms with Gasteiger partial charge in [-0.25, -0.2) is 22.5 Å². The minimum atomic E-state index is -1.46. The Morgan fingerprint density at radius 2 is 1.22 bits per heavy atom. The van der Waals surface area contributed by atoms with Crippen molar-refractivity contribution in [3.05, 3.63) is 102 Å². The van der Waals surface area contributed by atoms with Crippen molar-refractivity contribution in [3.63, 3.8) is 0 Å². The summed E-state index contributed by atoms with van der Waals surface area (Å²) >= 11 is 0. The van der Waals surface area contributed by atoms with Crippen molar-refractivity contribution in [3.8, 4) is 5.69 Å². The summed E-state index contributed by atoms with van der Waals surface area (Å²) in [6.07, 6.45) is 1.47. The van der Waals surface area contributed by atoms with Crippen LogP contribution >= 0.6 is 7.92 Å². The molecular weight excluding hydrogens is 435 g/mol. The lowest BCUT2D eigenvalue weighted by molar-refractivity contribution is 0.448. The van der Waals surface area contributed by atoms with Gasteiger partial charge in [0.25, 0.3) is 0 Å². The zero-order valence-electron chi connectivity index (χ0n) is 17.8. The maximum absolute atomic E-state index is 14.9. The van der Waals surface area contributed by atoms with Crippen molar-refractivity contribution in [1.29, 1.82) is 0 Å². The molecule has 1 heterocycles. The molecule has 0 aliphatic carbocycles. The topological polar surface area (TPSA) is 17.8 Å². The second kappa shape index (κ2) is 8.51. The first kappa shape index (κ1) is 22.2. The maximum Gasteiger partial charge on any atom is 0.186 e. The molecule has 0 aliphatic rings. The SMILES string of the molecule is CC(C)(C)c1cn(-c2c(F)c(F)cc(F)c2F)c(P(c2ccccc2)c2ccccc2)n1. The van der Waals surface area contributed by atoms with Gasteiger partial charge in [0.1, 0.15) is 11.3 Å². The molecule has 0 bridgehead atoms. The summed E-state index contributed by atoms with van der Waals surface area (Å²) in [7, 11) is -1.39. The zero-order chi connectivity index (χ0) is 23.0. The van der Waals surface area contributed by atoms with E-state index in [9.17, 15) is 17.6 Å². The van der Waals surface area contributed by atoms with Gasteiger partial charge >= 0.3 is 0 Å². The van der Waals surface area contributed by atoms with E-state index >= 15 is 0 Å². The highest BCUT2D eigenvalue weighted by Crippen LogP contribution is 2.36.